The van der Waals surface area contributed by atoms with E-state index < -0.39 is 0 Å². The largest absolute Gasteiger partial charge is 0.311 e. The van der Waals surface area contributed by atoms with Crippen LogP contribution >= 0.6 is 0 Å². The van der Waals surface area contributed by atoms with Gasteiger partial charge in [0.15, 0.2) is 0 Å². The topological polar surface area (TPSA) is 6.48 Å². The minimum Gasteiger partial charge on any atom is -0.311 e. The molecule has 7 rings (SSSR count). The molecule has 2 nitrogen and oxygen atoms in total. The highest BCUT2D eigenvalue weighted by atomic mass is 15.2. The third kappa shape index (κ3) is 5.36. The zero-order valence-corrected chi connectivity index (χ0v) is 30.9. The molecule has 48 heavy (non-hydrogen) atoms. The fourth-order valence-corrected chi connectivity index (χ4v) is 7.55. The van der Waals surface area contributed by atoms with E-state index in [9.17, 15) is 0 Å². The molecular formula is C45H51BN2. The quantitative estimate of drug-likeness (QED) is 0.179. The second-order valence-electron chi connectivity index (χ2n) is 17.4. The minimum atomic E-state index is 0.0307. The van der Waals surface area contributed by atoms with E-state index in [4.69, 9.17) is 0 Å². The molecule has 0 fully saturated rings. The van der Waals surface area contributed by atoms with Crippen LogP contribution in [-0.4, -0.2) is 6.71 Å². The predicted octanol–water partition coefficient (Wildman–Crippen LogP) is 10.8. The van der Waals surface area contributed by atoms with Crippen molar-refractivity contribution in [3.8, 4) is 0 Å². The molecule has 0 atom stereocenters. The van der Waals surface area contributed by atoms with Crippen molar-refractivity contribution < 1.29 is 0 Å². The van der Waals surface area contributed by atoms with Gasteiger partial charge in [0.25, 0.3) is 6.71 Å². The van der Waals surface area contributed by atoms with Crippen LogP contribution in [0.3, 0.4) is 0 Å². The molecule has 2 heterocycles. The summed E-state index contributed by atoms with van der Waals surface area (Å²) >= 11 is 0. The first-order valence-electron chi connectivity index (χ1n) is 17.8. The monoisotopic (exact) mass is 630 g/mol. The van der Waals surface area contributed by atoms with Crippen LogP contribution in [0.5, 0.6) is 0 Å². The molecule has 3 heteroatoms. The standard InChI is InChI=1S/C45H51BN2/c1-29(2)30-15-21-34(22-16-30)47-38-25-19-32(44(6,7)8)27-36(38)46-37-28-33(45(9,10)11)20-26-39(37)48(41-14-12-13-40(47)42(41)46)35-23-17-31(18-24-35)43(3,4)5/h12-29H,1-11H3. The first-order chi connectivity index (χ1) is 22.5. The molecule has 244 valence electrons. The van der Waals surface area contributed by atoms with Crippen LogP contribution < -0.4 is 26.2 Å². The van der Waals surface area contributed by atoms with Gasteiger partial charge in [-0.2, -0.15) is 0 Å². The lowest BCUT2D eigenvalue weighted by Gasteiger charge is -2.45. The molecule has 5 aromatic rings. The molecule has 0 amide bonds. The van der Waals surface area contributed by atoms with Crippen molar-refractivity contribution in [1.29, 1.82) is 0 Å². The normalized spacial score (nSPS) is 14.2. The lowest BCUT2D eigenvalue weighted by molar-refractivity contribution is 0.590. The molecule has 5 aromatic carbocycles. The summed E-state index contributed by atoms with van der Waals surface area (Å²) in [7, 11) is 0. The second-order valence-corrected chi connectivity index (χ2v) is 17.4. The van der Waals surface area contributed by atoms with E-state index in [0.717, 1.165) is 0 Å². The van der Waals surface area contributed by atoms with E-state index in [-0.39, 0.29) is 23.0 Å². The van der Waals surface area contributed by atoms with E-state index in [1.165, 1.54) is 72.8 Å². The Morgan fingerprint density at radius 3 is 1.25 bits per heavy atom. The number of hydrogen-bond acceptors (Lipinski definition) is 2. The lowest BCUT2D eigenvalue weighted by Crippen LogP contribution is -2.61. The zero-order chi connectivity index (χ0) is 34.3. The SMILES string of the molecule is CC(C)c1ccc(N2c3ccc(C(C)(C)C)cc3B3c4cc(C(C)(C)C)ccc4N(c4ccc(C(C)(C)C)cc4)c4cccc2c43)cc1. The first kappa shape index (κ1) is 32.3. The number of nitrogens with zero attached hydrogens (tertiary/aromatic N) is 2. The summed E-state index contributed by atoms with van der Waals surface area (Å²) in [6.45, 7) is 25.5. The average molecular weight is 631 g/mol. The molecule has 0 saturated heterocycles. The van der Waals surface area contributed by atoms with E-state index in [0.29, 0.717) is 5.92 Å². The van der Waals surface area contributed by atoms with E-state index >= 15 is 0 Å². The van der Waals surface area contributed by atoms with Crippen molar-refractivity contribution in [2.45, 2.75) is 98.3 Å². The minimum absolute atomic E-state index is 0.0307. The number of fused-ring (bicyclic) bond motifs is 4. The Bertz CT molecular complexity index is 2000. The third-order valence-electron chi connectivity index (χ3n) is 10.5. The molecule has 0 N–H and O–H groups in total. The van der Waals surface area contributed by atoms with Crippen LogP contribution in [0, 0.1) is 0 Å². The average Bonchev–Trinajstić information content (AvgIpc) is 3.03. The number of hydrogen-bond donors (Lipinski definition) is 0. The molecule has 0 saturated carbocycles. The van der Waals surface area contributed by atoms with Gasteiger partial charge in [0.2, 0.25) is 0 Å². The van der Waals surface area contributed by atoms with Gasteiger partial charge in [-0.25, -0.2) is 0 Å². The molecule has 2 aliphatic heterocycles. The van der Waals surface area contributed by atoms with Gasteiger partial charge in [0, 0.05) is 34.1 Å². The summed E-state index contributed by atoms with van der Waals surface area (Å²) in [6, 6.07) is 39.9. The summed E-state index contributed by atoms with van der Waals surface area (Å²) in [4.78, 5) is 5.03. The molecule has 0 aromatic heterocycles. The molecule has 2 aliphatic rings. The fourth-order valence-electron chi connectivity index (χ4n) is 7.55. The summed E-state index contributed by atoms with van der Waals surface area (Å²) in [5.41, 5.74) is 17.2. The van der Waals surface area contributed by atoms with Gasteiger partial charge in [-0.05, 0) is 109 Å². The third-order valence-corrected chi connectivity index (χ3v) is 10.5. The van der Waals surface area contributed by atoms with Gasteiger partial charge < -0.3 is 9.80 Å². The lowest BCUT2D eigenvalue weighted by atomic mass is 9.33. The molecule has 0 bridgehead atoms. The van der Waals surface area contributed by atoms with E-state index in [1.54, 1.807) is 0 Å². The molecule has 0 spiro atoms. The van der Waals surface area contributed by atoms with Crippen molar-refractivity contribution in [2.75, 3.05) is 9.80 Å². The summed E-state index contributed by atoms with van der Waals surface area (Å²) in [6.07, 6.45) is 0. The Hall–Kier alpha value is -4.24. The highest BCUT2D eigenvalue weighted by Gasteiger charge is 2.44. The van der Waals surface area contributed by atoms with Crippen LogP contribution in [0.15, 0.2) is 103 Å². The maximum atomic E-state index is 2.52. The number of benzene rings is 5. The van der Waals surface area contributed by atoms with Crippen molar-refractivity contribution in [3.05, 3.63) is 125 Å². The fraction of sp³-hybridized carbons (Fsp3) is 0.333. The number of anilines is 6. The smallest absolute Gasteiger partial charge is 0.252 e. The zero-order valence-electron chi connectivity index (χ0n) is 30.9. The van der Waals surface area contributed by atoms with Gasteiger partial charge in [-0.1, -0.05) is 131 Å². The Kier molecular flexibility index (Phi) is 7.51. The number of rotatable bonds is 3. The maximum Gasteiger partial charge on any atom is 0.252 e. The van der Waals surface area contributed by atoms with Crippen molar-refractivity contribution in [2.24, 2.45) is 0 Å². The summed E-state index contributed by atoms with van der Waals surface area (Å²) in [5, 5.41) is 0. The van der Waals surface area contributed by atoms with E-state index in [1.807, 2.05) is 0 Å². The Balaban J connectivity index is 1.54. The van der Waals surface area contributed by atoms with Crippen molar-refractivity contribution in [1.82, 2.24) is 0 Å². The molecule has 0 aliphatic carbocycles. The summed E-state index contributed by atoms with van der Waals surface area (Å²) < 4.78 is 0. The van der Waals surface area contributed by atoms with Crippen LogP contribution in [0.4, 0.5) is 34.1 Å². The Morgan fingerprint density at radius 2 is 0.854 bits per heavy atom. The van der Waals surface area contributed by atoms with Crippen molar-refractivity contribution in [3.63, 3.8) is 0 Å². The Labute approximate surface area is 289 Å². The Morgan fingerprint density at radius 1 is 0.458 bits per heavy atom. The summed E-state index contributed by atoms with van der Waals surface area (Å²) in [5.74, 6) is 0.489. The van der Waals surface area contributed by atoms with Crippen molar-refractivity contribution >= 4 is 57.2 Å². The van der Waals surface area contributed by atoms with E-state index in [2.05, 4.69) is 189 Å². The van der Waals surface area contributed by atoms with Gasteiger partial charge in [-0.3, -0.25) is 0 Å². The highest BCUT2D eigenvalue weighted by molar-refractivity contribution is 7.00. The maximum absolute atomic E-state index is 2.52. The predicted molar refractivity (Wildman–Crippen MR) is 211 cm³/mol. The van der Waals surface area contributed by atoms with Crippen LogP contribution in [0.1, 0.15) is 104 Å². The van der Waals surface area contributed by atoms with Crippen LogP contribution in [0.2, 0.25) is 0 Å². The van der Waals surface area contributed by atoms with Crippen LogP contribution in [0.25, 0.3) is 0 Å². The van der Waals surface area contributed by atoms with Gasteiger partial charge in [-0.15, -0.1) is 0 Å². The first-order valence-corrected chi connectivity index (χ1v) is 17.8. The van der Waals surface area contributed by atoms with Crippen LogP contribution in [-0.2, 0) is 16.2 Å². The molecular weight excluding hydrogens is 579 g/mol. The van der Waals surface area contributed by atoms with Gasteiger partial charge in [0.1, 0.15) is 0 Å². The van der Waals surface area contributed by atoms with Gasteiger partial charge >= 0.3 is 0 Å². The highest BCUT2D eigenvalue weighted by Crippen LogP contribution is 2.45. The molecule has 0 radical (unpaired) electrons. The second kappa shape index (κ2) is 11.2. The molecule has 0 unspecified atom stereocenters. The van der Waals surface area contributed by atoms with Gasteiger partial charge in [0.05, 0.1) is 0 Å².